The number of carbonyl (C=O) groups is 1. The van der Waals surface area contributed by atoms with Crippen LogP contribution in [0.2, 0.25) is 0 Å². The highest BCUT2D eigenvalue weighted by Crippen LogP contribution is 2.21. The van der Waals surface area contributed by atoms with Crippen molar-refractivity contribution < 1.29 is 9.53 Å². The largest absolute Gasteiger partial charge is 0.379 e. The van der Waals surface area contributed by atoms with Crippen LogP contribution < -0.4 is 11.1 Å². The second-order valence-corrected chi connectivity index (χ2v) is 7.60. The minimum absolute atomic E-state index is 0.120. The zero-order valence-electron chi connectivity index (χ0n) is 15.3. The van der Waals surface area contributed by atoms with Gasteiger partial charge in [-0.1, -0.05) is 0 Å². The van der Waals surface area contributed by atoms with Crippen molar-refractivity contribution in [1.29, 1.82) is 0 Å². The summed E-state index contributed by atoms with van der Waals surface area (Å²) in [6.45, 7) is 5.65. The molecular formula is C19H28N4O2S. The van der Waals surface area contributed by atoms with Gasteiger partial charge in [-0.05, 0) is 42.7 Å². The molecule has 1 aromatic carbocycles. The lowest BCUT2D eigenvalue weighted by atomic mass is 10.2. The van der Waals surface area contributed by atoms with Gasteiger partial charge in [-0.3, -0.25) is 9.69 Å². The maximum absolute atomic E-state index is 12.2. The van der Waals surface area contributed by atoms with Crippen LogP contribution in [0.3, 0.4) is 0 Å². The molecule has 2 aromatic rings. The zero-order chi connectivity index (χ0) is 18.4. The molecular weight excluding hydrogens is 348 g/mol. The lowest BCUT2D eigenvalue weighted by Gasteiger charge is -2.26. The SMILES string of the molecule is CSCC[C@H](N)C(=O)Nc1ccc2c(ccn2CCN2CCOCC2)c1. The van der Waals surface area contributed by atoms with Crippen molar-refractivity contribution in [3.8, 4) is 0 Å². The van der Waals surface area contributed by atoms with Crippen LogP contribution in [0.5, 0.6) is 0 Å². The van der Waals surface area contributed by atoms with E-state index >= 15 is 0 Å². The van der Waals surface area contributed by atoms with Crippen LogP contribution >= 0.6 is 11.8 Å². The molecule has 0 bridgehead atoms. The first-order chi connectivity index (χ1) is 12.7. The number of nitrogens with two attached hydrogens (primary N) is 1. The lowest BCUT2D eigenvalue weighted by Crippen LogP contribution is -2.38. The van der Waals surface area contributed by atoms with E-state index in [4.69, 9.17) is 10.5 Å². The fourth-order valence-electron chi connectivity index (χ4n) is 3.16. The zero-order valence-corrected chi connectivity index (χ0v) is 16.1. The summed E-state index contributed by atoms with van der Waals surface area (Å²) in [5.41, 5.74) is 7.92. The number of anilines is 1. The molecule has 6 nitrogen and oxygen atoms in total. The normalized spacial score (nSPS) is 16.7. The summed E-state index contributed by atoms with van der Waals surface area (Å²) in [5.74, 6) is 0.768. The highest BCUT2D eigenvalue weighted by atomic mass is 32.2. The molecule has 1 amide bonds. The van der Waals surface area contributed by atoms with Crippen LogP contribution in [0.4, 0.5) is 5.69 Å². The number of ether oxygens (including phenoxy) is 1. The molecule has 1 atom stereocenters. The Balaban J connectivity index is 1.60. The molecule has 0 radical (unpaired) electrons. The van der Waals surface area contributed by atoms with Crippen molar-refractivity contribution >= 4 is 34.3 Å². The second kappa shape index (κ2) is 9.41. The van der Waals surface area contributed by atoms with Crippen molar-refractivity contribution in [1.82, 2.24) is 9.47 Å². The van der Waals surface area contributed by atoms with Gasteiger partial charge < -0.3 is 20.4 Å². The molecule has 7 heteroatoms. The van der Waals surface area contributed by atoms with Crippen LogP contribution in [-0.2, 0) is 16.1 Å². The summed E-state index contributed by atoms with van der Waals surface area (Å²) in [6.07, 6.45) is 4.82. The average Bonchev–Trinajstić information content (AvgIpc) is 3.07. The topological polar surface area (TPSA) is 72.5 Å². The first-order valence-corrected chi connectivity index (χ1v) is 10.5. The van der Waals surface area contributed by atoms with E-state index in [2.05, 4.69) is 33.1 Å². The number of amides is 1. The summed E-state index contributed by atoms with van der Waals surface area (Å²) in [7, 11) is 0. The summed E-state index contributed by atoms with van der Waals surface area (Å²) in [4.78, 5) is 14.6. The second-order valence-electron chi connectivity index (χ2n) is 6.61. The number of rotatable bonds is 8. The molecule has 2 heterocycles. The molecule has 26 heavy (non-hydrogen) atoms. The first kappa shape index (κ1) is 19.2. The van der Waals surface area contributed by atoms with Crippen LogP contribution in [0.1, 0.15) is 6.42 Å². The van der Waals surface area contributed by atoms with Crippen molar-refractivity contribution in [2.45, 2.75) is 19.0 Å². The Labute approximate surface area is 159 Å². The monoisotopic (exact) mass is 376 g/mol. The molecule has 0 saturated carbocycles. The van der Waals surface area contributed by atoms with E-state index in [9.17, 15) is 4.79 Å². The Morgan fingerprint density at radius 2 is 2.12 bits per heavy atom. The summed E-state index contributed by atoms with van der Waals surface area (Å²) >= 11 is 1.70. The fraction of sp³-hybridized carbons (Fsp3) is 0.526. The third-order valence-corrected chi connectivity index (χ3v) is 5.41. The van der Waals surface area contributed by atoms with E-state index in [0.717, 1.165) is 56.2 Å². The standard InChI is InChI=1S/C19H28N4O2S/c1-26-13-5-17(20)19(24)21-16-2-3-18-15(14-16)4-6-23(18)8-7-22-9-11-25-12-10-22/h2-4,6,14,17H,5,7-13,20H2,1H3,(H,21,24)/t17-/m0/s1. The molecule has 0 unspecified atom stereocenters. The van der Waals surface area contributed by atoms with Crippen molar-refractivity contribution in [2.75, 3.05) is 50.2 Å². The molecule has 1 aliphatic rings. The summed E-state index contributed by atoms with van der Waals surface area (Å²) < 4.78 is 7.66. The molecule has 0 aliphatic carbocycles. The van der Waals surface area contributed by atoms with Gasteiger partial charge in [-0.25, -0.2) is 0 Å². The quantitative estimate of drug-likeness (QED) is 0.737. The Hall–Kier alpha value is -1.54. The molecule has 1 saturated heterocycles. The Morgan fingerprint density at radius 1 is 1.31 bits per heavy atom. The molecule has 0 spiro atoms. The van der Waals surface area contributed by atoms with Gasteiger partial charge in [0.15, 0.2) is 0 Å². The maximum Gasteiger partial charge on any atom is 0.241 e. The van der Waals surface area contributed by atoms with Gasteiger partial charge >= 0.3 is 0 Å². The minimum atomic E-state index is -0.462. The van der Waals surface area contributed by atoms with E-state index in [1.54, 1.807) is 11.8 Å². The number of aromatic nitrogens is 1. The predicted molar refractivity (Wildman–Crippen MR) is 109 cm³/mol. The van der Waals surface area contributed by atoms with E-state index in [1.807, 2.05) is 18.4 Å². The molecule has 1 aromatic heterocycles. The number of benzene rings is 1. The Bertz CT molecular complexity index is 727. The molecule has 1 aliphatic heterocycles. The van der Waals surface area contributed by atoms with Gasteiger partial charge in [0, 0.05) is 49.0 Å². The number of carbonyl (C=O) groups excluding carboxylic acids is 1. The first-order valence-electron chi connectivity index (χ1n) is 9.12. The van der Waals surface area contributed by atoms with Crippen molar-refractivity contribution in [3.63, 3.8) is 0 Å². The molecule has 3 N–H and O–H groups in total. The van der Waals surface area contributed by atoms with Crippen LogP contribution in [0, 0.1) is 0 Å². The van der Waals surface area contributed by atoms with Crippen LogP contribution in [-0.4, -0.2) is 66.3 Å². The smallest absolute Gasteiger partial charge is 0.241 e. The number of nitrogens with zero attached hydrogens (tertiary/aromatic N) is 2. The van der Waals surface area contributed by atoms with Crippen LogP contribution in [0.15, 0.2) is 30.5 Å². The van der Waals surface area contributed by atoms with Crippen molar-refractivity contribution in [2.24, 2.45) is 5.73 Å². The molecule has 1 fully saturated rings. The Kier molecular flexibility index (Phi) is 6.96. The maximum atomic E-state index is 12.2. The third kappa shape index (κ3) is 5.01. The summed E-state index contributed by atoms with van der Waals surface area (Å²) in [6, 6.07) is 7.67. The third-order valence-electron chi connectivity index (χ3n) is 4.77. The van der Waals surface area contributed by atoms with Gasteiger partial charge in [0.05, 0.1) is 19.3 Å². The van der Waals surface area contributed by atoms with Gasteiger partial charge in [0.25, 0.3) is 0 Å². The minimum Gasteiger partial charge on any atom is -0.379 e. The van der Waals surface area contributed by atoms with Crippen molar-refractivity contribution in [3.05, 3.63) is 30.5 Å². The number of morpholine rings is 1. The molecule has 3 rings (SSSR count). The fourth-order valence-corrected chi connectivity index (χ4v) is 3.65. The van der Waals surface area contributed by atoms with E-state index in [1.165, 1.54) is 5.52 Å². The van der Waals surface area contributed by atoms with E-state index in [-0.39, 0.29) is 5.91 Å². The highest BCUT2D eigenvalue weighted by Gasteiger charge is 2.14. The number of hydrogen-bond acceptors (Lipinski definition) is 5. The lowest BCUT2D eigenvalue weighted by molar-refractivity contribution is -0.117. The number of fused-ring (bicyclic) bond motifs is 1. The van der Waals surface area contributed by atoms with Gasteiger partial charge in [-0.15, -0.1) is 0 Å². The van der Waals surface area contributed by atoms with Gasteiger partial charge in [-0.2, -0.15) is 11.8 Å². The van der Waals surface area contributed by atoms with Gasteiger partial charge in [0.2, 0.25) is 5.91 Å². The number of hydrogen-bond donors (Lipinski definition) is 2. The predicted octanol–water partition coefficient (Wildman–Crippen LogP) is 1.99. The van der Waals surface area contributed by atoms with Crippen LogP contribution in [0.25, 0.3) is 10.9 Å². The van der Waals surface area contributed by atoms with E-state index < -0.39 is 6.04 Å². The van der Waals surface area contributed by atoms with Gasteiger partial charge in [0.1, 0.15) is 0 Å². The molecule has 142 valence electrons. The number of nitrogens with one attached hydrogen (secondary N) is 1. The van der Waals surface area contributed by atoms with E-state index in [0.29, 0.717) is 6.42 Å². The number of thioether (sulfide) groups is 1. The Morgan fingerprint density at radius 3 is 2.88 bits per heavy atom. The highest BCUT2D eigenvalue weighted by molar-refractivity contribution is 7.98. The summed E-state index contributed by atoms with van der Waals surface area (Å²) in [5, 5.41) is 4.06. The average molecular weight is 377 g/mol.